The standard InChI is InChI=1S/C26H53ClO5/c1-2-3-4-5-6-7-8-9-10-11-12-13-14-15-17-28-19-21-30-23-25-32-26-24-31-22-20-29-18-16-27/h2-26H2,1H3. The van der Waals surface area contributed by atoms with E-state index in [0.717, 1.165) is 13.0 Å². The Bertz CT molecular complexity index is 291. The maximum atomic E-state index is 5.63. The fourth-order valence-electron chi connectivity index (χ4n) is 3.43. The van der Waals surface area contributed by atoms with Crippen molar-refractivity contribution in [3.63, 3.8) is 0 Å². The smallest absolute Gasteiger partial charge is 0.0701 e. The molecule has 0 aliphatic heterocycles. The molecule has 0 radical (unpaired) electrons. The molecule has 0 saturated heterocycles. The molecule has 0 aromatic rings. The zero-order valence-electron chi connectivity index (χ0n) is 21.1. The maximum Gasteiger partial charge on any atom is 0.0701 e. The number of rotatable bonds is 29. The summed E-state index contributed by atoms with van der Waals surface area (Å²) in [6.07, 6.45) is 19.4. The molecule has 0 bridgehead atoms. The molecule has 0 rings (SSSR count). The molecule has 194 valence electrons. The molecule has 5 nitrogen and oxygen atoms in total. The van der Waals surface area contributed by atoms with E-state index in [2.05, 4.69) is 6.92 Å². The van der Waals surface area contributed by atoms with Gasteiger partial charge in [0.25, 0.3) is 0 Å². The normalized spacial score (nSPS) is 11.4. The Labute approximate surface area is 204 Å². The van der Waals surface area contributed by atoms with E-state index >= 15 is 0 Å². The van der Waals surface area contributed by atoms with Gasteiger partial charge in [-0.05, 0) is 6.42 Å². The van der Waals surface area contributed by atoms with E-state index < -0.39 is 0 Å². The molecule has 0 heterocycles. The first-order valence-corrected chi connectivity index (χ1v) is 13.9. The summed E-state index contributed by atoms with van der Waals surface area (Å²) in [5, 5.41) is 0. The molecule has 0 aliphatic carbocycles. The van der Waals surface area contributed by atoms with Crippen LogP contribution in [0.15, 0.2) is 0 Å². The monoisotopic (exact) mass is 480 g/mol. The molecular formula is C26H53ClO5. The van der Waals surface area contributed by atoms with E-state index in [-0.39, 0.29) is 0 Å². The molecule has 32 heavy (non-hydrogen) atoms. The second-order valence-electron chi connectivity index (χ2n) is 8.35. The van der Waals surface area contributed by atoms with E-state index in [4.69, 9.17) is 35.3 Å². The Morgan fingerprint density at radius 2 is 0.625 bits per heavy atom. The van der Waals surface area contributed by atoms with Gasteiger partial charge in [0.2, 0.25) is 0 Å². The Hall–Kier alpha value is 0.0900. The average molecular weight is 481 g/mol. The summed E-state index contributed by atoms with van der Waals surface area (Å²) in [6.45, 7) is 8.51. The Kier molecular flexibility index (Phi) is 31.2. The lowest BCUT2D eigenvalue weighted by molar-refractivity contribution is -0.0103. The van der Waals surface area contributed by atoms with Gasteiger partial charge in [-0.15, -0.1) is 11.6 Å². The summed E-state index contributed by atoms with van der Waals surface area (Å²) in [6, 6.07) is 0. The van der Waals surface area contributed by atoms with Crippen LogP contribution in [0.5, 0.6) is 0 Å². The van der Waals surface area contributed by atoms with Gasteiger partial charge >= 0.3 is 0 Å². The van der Waals surface area contributed by atoms with Crippen molar-refractivity contribution in [3.8, 4) is 0 Å². The molecule has 0 aromatic heterocycles. The summed E-state index contributed by atoms with van der Waals surface area (Å²) in [5.74, 6) is 0.521. The van der Waals surface area contributed by atoms with Gasteiger partial charge < -0.3 is 23.7 Å². The van der Waals surface area contributed by atoms with Gasteiger partial charge in [-0.2, -0.15) is 0 Å². The molecule has 0 spiro atoms. The highest BCUT2D eigenvalue weighted by atomic mass is 35.5. The molecule has 0 amide bonds. The fourth-order valence-corrected chi connectivity index (χ4v) is 3.54. The number of halogens is 1. The third kappa shape index (κ3) is 30.1. The summed E-state index contributed by atoms with van der Waals surface area (Å²) in [4.78, 5) is 0. The van der Waals surface area contributed by atoms with Crippen LogP contribution in [-0.2, 0) is 23.7 Å². The van der Waals surface area contributed by atoms with E-state index in [9.17, 15) is 0 Å². The largest absolute Gasteiger partial charge is 0.379 e. The first kappa shape index (κ1) is 32.1. The molecule has 0 aromatic carbocycles. The van der Waals surface area contributed by atoms with Crippen LogP contribution in [0.4, 0.5) is 0 Å². The highest BCUT2D eigenvalue weighted by molar-refractivity contribution is 6.17. The zero-order valence-corrected chi connectivity index (χ0v) is 21.9. The first-order valence-electron chi connectivity index (χ1n) is 13.4. The lowest BCUT2D eigenvalue weighted by Gasteiger charge is -2.08. The van der Waals surface area contributed by atoms with Crippen LogP contribution in [0, 0.1) is 0 Å². The number of hydrogen-bond acceptors (Lipinski definition) is 5. The van der Waals surface area contributed by atoms with E-state index in [1.807, 2.05) is 0 Å². The van der Waals surface area contributed by atoms with Gasteiger partial charge in [-0.25, -0.2) is 0 Å². The summed E-state index contributed by atoms with van der Waals surface area (Å²) < 4.78 is 27.2. The SMILES string of the molecule is CCCCCCCCCCCCCCCCOCCOCCOCCOCCOCCCl. The lowest BCUT2D eigenvalue weighted by Crippen LogP contribution is -2.13. The maximum absolute atomic E-state index is 5.63. The van der Waals surface area contributed by atoms with Crippen molar-refractivity contribution < 1.29 is 23.7 Å². The topological polar surface area (TPSA) is 46.2 Å². The van der Waals surface area contributed by atoms with Crippen LogP contribution in [0.1, 0.15) is 96.8 Å². The molecular weight excluding hydrogens is 428 g/mol. The van der Waals surface area contributed by atoms with E-state index in [1.54, 1.807) is 0 Å². The van der Waals surface area contributed by atoms with Crippen LogP contribution in [0.25, 0.3) is 0 Å². The molecule has 6 heteroatoms. The Morgan fingerprint density at radius 3 is 0.969 bits per heavy atom. The number of unbranched alkanes of at least 4 members (excludes halogenated alkanes) is 13. The van der Waals surface area contributed by atoms with Crippen molar-refractivity contribution in [1.29, 1.82) is 0 Å². The van der Waals surface area contributed by atoms with Crippen molar-refractivity contribution in [2.75, 3.05) is 71.9 Å². The summed E-state index contributed by atoms with van der Waals surface area (Å²) >= 11 is 5.51. The second kappa shape index (κ2) is 31.1. The van der Waals surface area contributed by atoms with Gasteiger partial charge in [0.15, 0.2) is 0 Å². The molecule has 0 aliphatic rings. The molecule has 0 fully saturated rings. The minimum atomic E-state index is 0.521. The summed E-state index contributed by atoms with van der Waals surface area (Å²) in [5.41, 5.74) is 0. The minimum Gasteiger partial charge on any atom is -0.379 e. The van der Waals surface area contributed by atoms with Gasteiger partial charge in [0, 0.05) is 12.5 Å². The van der Waals surface area contributed by atoms with Crippen LogP contribution < -0.4 is 0 Å². The second-order valence-corrected chi connectivity index (χ2v) is 8.73. The van der Waals surface area contributed by atoms with Crippen LogP contribution >= 0.6 is 11.6 Å². The van der Waals surface area contributed by atoms with Crippen molar-refractivity contribution in [1.82, 2.24) is 0 Å². The lowest BCUT2D eigenvalue weighted by atomic mass is 10.0. The van der Waals surface area contributed by atoms with Crippen molar-refractivity contribution in [3.05, 3.63) is 0 Å². The van der Waals surface area contributed by atoms with Crippen LogP contribution in [-0.4, -0.2) is 71.9 Å². The molecule has 0 atom stereocenters. The van der Waals surface area contributed by atoms with Crippen molar-refractivity contribution >= 4 is 11.6 Å². The number of ether oxygens (including phenoxy) is 5. The zero-order chi connectivity index (χ0) is 23.2. The highest BCUT2D eigenvalue weighted by Crippen LogP contribution is 2.12. The van der Waals surface area contributed by atoms with Crippen LogP contribution in [0.2, 0.25) is 0 Å². The predicted octanol–water partition coefficient (Wildman–Crippen LogP) is 6.79. The molecule has 0 saturated carbocycles. The average Bonchev–Trinajstić information content (AvgIpc) is 2.81. The minimum absolute atomic E-state index is 0.521. The number of hydrogen-bond donors (Lipinski definition) is 0. The van der Waals surface area contributed by atoms with Crippen molar-refractivity contribution in [2.24, 2.45) is 0 Å². The van der Waals surface area contributed by atoms with Gasteiger partial charge in [-0.1, -0.05) is 90.4 Å². The summed E-state index contributed by atoms with van der Waals surface area (Å²) in [7, 11) is 0. The third-order valence-corrected chi connectivity index (χ3v) is 5.51. The number of alkyl halides is 1. The Morgan fingerprint density at radius 1 is 0.344 bits per heavy atom. The third-order valence-electron chi connectivity index (χ3n) is 5.35. The molecule has 0 N–H and O–H groups in total. The first-order chi connectivity index (χ1) is 15.9. The van der Waals surface area contributed by atoms with Crippen LogP contribution in [0.3, 0.4) is 0 Å². The van der Waals surface area contributed by atoms with Gasteiger partial charge in [0.1, 0.15) is 0 Å². The van der Waals surface area contributed by atoms with Gasteiger partial charge in [0.05, 0.1) is 59.5 Å². The van der Waals surface area contributed by atoms with Gasteiger partial charge in [-0.3, -0.25) is 0 Å². The van der Waals surface area contributed by atoms with E-state index in [1.165, 1.54) is 83.5 Å². The predicted molar refractivity (Wildman–Crippen MR) is 135 cm³/mol. The highest BCUT2D eigenvalue weighted by Gasteiger charge is 1.96. The molecule has 0 unspecified atom stereocenters. The van der Waals surface area contributed by atoms with Crippen molar-refractivity contribution in [2.45, 2.75) is 96.8 Å². The fraction of sp³-hybridized carbons (Fsp3) is 1.00. The Balaban J connectivity index is 2.98. The quantitative estimate of drug-likeness (QED) is 0.0870. The van der Waals surface area contributed by atoms with E-state index in [0.29, 0.717) is 65.3 Å².